The van der Waals surface area contributed by atoms with Crippen molar-refractivity contribution in [1.29, 1.82) is 0 Å². The highest BCUT2D eigenvalue weighted by Crippen LogP contribution is 2.16. The van der Waals surface area contributed by atoms with Gasteiger partial charge in [-0.05, 0) is 32.0 Å². The van der Waals surface area contributed by atoms with E-state index in [1.165, 1.54) is 0 Å². The van der Waals surface area contributed by atoms with E-state index in [9.17, 15) is 13.2 Å². The maximum atomic E-state index is 12.0. The number of nitrogens with one attached hydrogen (secondary N) is 2. The van der Waals surface area contributed by atoms with Crippen LogP contribution in [-0.2, 0) is 10.0 Å². The molecule has 0 aliphatic rings. The molecule has 0 aliphatic carbocycles. The Morgan fingerprint density at radius 1 is 1.04 bits per heavy atom. The van der Waals surface area contributed by atoms with Gasteiger partial charge in [0.2, 0.25) is 10.0 Å². The Morgan fingerprint density at radius 2 is 1.62 bits per heavy atom. The van der Waals surface area contributed by atoms with Gasteiger partial charge >= 0.3 is 0 Å². The first-order valence-electron chi connectivity index (χ1n) is 7.40. The quantitative estimate of drug-likeness (QED) is 0.760. The first-order chi connectivity index (χ1) is 11.2. The molecule has 8 heteroatoms. The Balaban J connectivity index is 1.99. The minimum absolute atomic E-state index is 0.152. The van der Waals surface area contributed by atoms with Crippen LogP contribution in [0.4, 0.5) is 0 Å². The summed E-state index contributed by atoms with van der Waals surface area (Å²) < 4.78 is 24.2. The molecule has 2 aromatic rings. The Bertz CT molecular complexity index is 813. The van der Waals surface area contributed by atoms with E-state index >= 15 is 0 Å². The molecule has 1 heterocycles. The SMILES string of the molecule is Cc1cc(C)nc(-c2ccc(C(=O)NCCNS(C)(=O)=O)cc2)n1. The molecular weight excluding hydrogens is 328 g/mol. The summed E-state index contributed by atoms with van der Waals surface area (Å²) in [5.41, 5.74) is 3.09. The molecule has 1 aromatic carbocycles. The van der Waals surface area contributed by atoms with Crippen LogP contribution in [0.5, 0.6) is 0 Å². The highest BCUT2D eigenvalue weighted by Gasteiger charge is 2.08. The number of carbonyl (C=O) groups is 1. The minimum atomic E-state index is -3.25. The lowest BCUT2D eigenvalue weighted by Crippen LogP contribution is -2.34. The number of carbonyl (C=O) groups excluding carboxylic acids is 1. The van der Waals surface area contributed by atoms with Crippen LogP contribution in [0.25, 0.3) is 11.4 Å². The van der Waals surface area contributed by atoms with Gasteiger partial charge in [0, 0.05) is 35.6 Å². The van der Waals surface area contributed by atoms with Crippen molar-refractivity contribution < 1.29 is 13.2 Å². The lowest BCUT2D eigenvalue weighted by molar-refractivity contribution is 0.0954. The Hall–Kier alpha value is -2.32. The summed E-state index contributed by atoms with van der Waals surface area (Å²) in [5, 5.41) is 2.65. The summed E-state index contributed by atoms with van der Waals surface area (Å²) in [6, 6.07) is 8.86. The summed E-state index contributed by atoms with van der Waals surface area (Å²) in [4.78, 5) is 20.8. The number of aryl methyl sites for hydroxylation is 2. The smallest absolute Gasteiger partial charge is 0.251 e. The zero-order valence-electron chi connectivity index (χ0n) is 13.8. The van der Waals surface area contributed by atoms with Crippen molar-refractivity contribution in [3.05, 3.63) is 47.3 Å². The monoisotopic (exact) mass is 348 g/mol. The van der Waals surface area contributed by atoms with Crippen molar-refractivity contribution in [2.75, 3.05) is 19.3 Å². The Labute approximate surface area is 141 Å². The third-order valence-electron chi connectivity index (χ3n) is 3.16. The molecule has 128 valence electrons. The van der Waals surface area contributed by atoms with Crippen LogP contribution in [-0.4, -0.2) is 43.6 Å². The normalized spacial score (nSPS) is 11.3. The second-order valence-corrected chi connectivity index (χ2v) is 7.31. The van der Waals surface area contributed by atoms with Gasteiger partial charge in [-0.15, -0.1) is 0 Å². The van der Waals surface area contributed by atoms with Crippen LogP contribution in [0.15, 0.2) is 30.3 Å². The number of amides is 1. The van der Waals surface area contributed by atoms with E-state index in [1.54, 1.807) is 24.3 Å². The van der Waals surface area contributed by atoms with E-state index in [4.69, 9.17) is 0 Å². The van der Waals surface area contributed by atoms with Gasteiger partial charge in [0.25, 0.3) is 5.91 Å². The van der Waals surface area contributed by atoms with Crippen LogP contribution >= 0.6 is 0 Å². The van der Waals surface area contributed by atoms with Gasteiger partial charge in [-0.25, -0.2) is 23.1 Å². The van der Waals surface area contributed by atoms with Crippen LogP contribution in [0.2, 0.25) is 0 Å². The molecule has 0 bridgehead atoms. The van der Waals surface area contributed by atoms with Crippen molar-refractivity contribution in [3.8, 4) is 11.4 Å². The third-order valence-corrected chi connectivity index (χ3v) is 3.89. The fourth-order valence-corrected chi connectivity index (χ4v) is 2.61. The van der Waals surface area contributed by atoms with E-state index in [-0.39, 0.29) is 19.0 Å². The summed E-state index contributed by atoms with van der Waals surface area (Å²) in [6.45, 7) is 4.18. The number of benzene rings is 1. The second kappa shape index (κ2) is 7.50. The summed E-state index contributed by atoms with van der Waals surface area (Å²) in [5.74, 6) is 0.356. The predicted octanol–water partition coefficient (Wildman–Crippen LogP) is 1.04. The van der Waals surface area contributed by atoms with E-state index < -0.39 is 10.0 Å². The molecule has 24 heavy (non-hydrogen) atoms. The van der Waals surface area contributed by atoms with Gasteiger partial charge in [-0.3, -0.25) is 4.79 Å². The van der Waals surface area contributed by atoms with Gasteiger partial charge in [0.05, 0.1) is 6.26 Å². The van der Waals surface area contributed by atoms with Gasteiger partial charge in [-0.2, -0.15) is 0 Å². The highest BCUT2D eigenvalue weighted by molar-refractivity contribution is 7.88. The molecule has 0 radical (unpaired) electrons. The lowest BCUT2D eigenvalue weighted by Gasteiger charge is -2.07. The average Bonchev–Trinajstić information content (AvgIpc) is 2.49. The topological polar surface area (TPSA) is 101 Å². The molecule has 0 saturated carbocycles. The standard InChI is InChI=1S/C16H20N4O3S/c1-11-10-12(2)20-15(19-11)13-4-6-14(7-5-13)16(21)17-8-9-18-24(3,22)23/h4-7,10,18H,8-9H2,1-3H3,(H,17,21). The van der Waals surface area contributed by atoms with Crippen molar-refractivity contribution in [2.45, 2.75) is 13.8 Å². The van der Waals surface area contributed by atoms with Gasteiger partial charge in [0.15, 0.2) is 5.82 Å². The van der Waals surface area contributed by atoms with Gasteiger partial charge < -0.3 is 5.32 Å². The first-order valence-corrected chi connectivity index (χ1v) is 9.29. The van der Waals surface area contributed by atoms with Crippen molar-refractivity contribution in [3.63, 3.8) is 0 Å². The van der Waals surface area contributed by atoms with E-state index in [1.807, 2.05) is 19.9 Å². The lowest BCUT2D eigenvalue weighted by atomic mass is 10.1. The molecule has 0 spiro atoms. The molecule has 0 unspecified atom stereocenters. The van der Waals surface area contributed by atoms with Gasteiger partial charge in [0.1, 0.15) is 0 Å². The molecule has 1 amide bonds. The van der Waals surface area contributed by atoms with Crippen molar-refractivity contribution in [2.24, 2.45) is 0 Å². The molecule has 0 fully saturated rings. The molecule has 0 aliphatic heterocycles. The number of hydrogen-bond donors (Lipinski definition) is 2. The zero-order chi connectivity index (χ0) is 17.7. The Morgan fingerprint density at radius 3 is 2.17 bits per heavy atom. The van der Waals surface area contributed by atoms with E-state index in [0.717, 1.165) is 23.2 Å². The van der Waals surface area contributed by atoms with Crippen LogP contribution in [0.3, 0.4) is 0 Å². The Kier molecular flexibility index (Phi) is 5.63. The molecule has 2 rings (SSSR count). The summed E-state index contributed by atoms with van der Waals surface area (Å²) in [6.07, 6.45) is 1.07. The third kappa shape index (κ3) is 5.39. The number of sulfonamides is 1. The van der Waals surface area contributed by atoms with Crippen LogP contribution in [0, 0.1) is 13.8 Å². The summed E-state index contributed by atoms with van der Waals surface area (Å²) in [7, 11) is -3.25. The largest absolute Gasteiger partial charge is 0.351 e. The molecular formula is C16H20N4O3S. The van der Waals surface area contributed by atoms with Crippen molar-refractivity contribution >= 4 is 15.9 Å². The minimum Gasteiger partial charge on any atom is -0.351 e. The molecule has 2 N–H and O–H groups in total. The van der Waals surface area contributed by atoms with E-state index in [0.29, 0.717) is 11.4 Å². The van der Waals surface area contributed by atoms with Gasteiger partial charge in [-0.1, -0.05) is 12.1 Å². The first kappa shape index (κ1) is 18.0. The number of aromatic nitrogens is 2. The number of hydrogen-bond acceptors (Lipinski definition) is 5. The molecule has 0 atom stereocenters. The molecule has 7 nitrogen and oxygen atoms in total. The van der Waals surface area contributed by atoms with Crippen LogP contribution in [0.1, 0.15) is 21.7 Å². The molecule has 1 aromatic heterocycles. The number of rotatable bonds is 6. The maximum absolute atomic E-state index is 12.0. The van der Waals surface area contributed by atoms with Crippen LogP contribution < -0.4 is 10.0 Å². The van der Waals surface area contributed by atoms with E-state index in [2.05, 4.69) is 20.0 Å². The van der Waals surface area contributed by atoms with Crippen molar-refractivity contribution in [1.82, 2.24) is 20.0 Å². The predicted molar refractivity (Wildman–Crippen MR) is 92.1 cm³/mol. The number of nitrogens with zero attached hydrogens (tertiary/aromatic N) is 2. The fraction of sp³-hybridized carbons (Fsp3) is 0.312. The maximum Gasteiger partial charge on any atom is 0.251 e. The fourth-order valence-electron chi connectivity index (χ4n) is 2.14. The highest BCUT2D eigenvalue weighted by atomic mass is 32.2. The average molecular weight is 348 g/mol. The zero-order valence-corrected chi connectivity index (χ0v) is 14.6. The molecule has 0 saturated heterocycles. The second-order valence-electron chi connectivity index (χ2n) is 5.47. The summed E-state index contributed by atoms with van der Waals surface area (Å²) >= 11 is 0.